The van der Waals surface area contributed by atoms with Gasteiger partial charge in [0, 0.05) is 18.6 Å². The van der Waals surface area contributed by atoms with Gasteiger partial charge >= 0.3 is 0 Å². The molecule has 6 nitrogen and oxygen atoms in total. The number of hydrogen-bond acceptors (Lipinski definition) is 4. The van der Waals surface area contributed by atoms with E-state index in [1.807, 2.05) is 6.07 Å². The van der Waals surface area contributed by atoms with Gasteiger partial charge in [0.25, 0.3) is 11.8 Å². The summed E-state index contributed by atoms with van der Waals surface area (Å²) in [6.45, 7) is 5.67. The average molecular weight is 400 g/mol. The Morgan fingerprint density at radius 1 is 1.17 bits per heavy atom. The first-order valence-electron chi connectivity index (χ1n) is 10.8. The minimum absolute atomic E-state index is 0.0992. The lowest BCUT2D eigenvalue weighted by molar-refractivity contribution is -0.127. The zero-order chi connectivity index (χ0) is 20.8. The molecule has 3 rings (SSSR count). The number of aliphatic hydroxyl groups excluding tert-OH is 1. The zero-order valence-corrected chi connectivity index (χ0v) is 17.5. The number of aliphatic hydroxyl groups is 1. The normalized spacial score (nSPS) is 22.4. The summed E-state index contributed by atoms with van der Waals surface area (Å²) in [5.74, 6) is -0.591. The van der Waals surface area contributed by atoms with Gasteiger partial charge in [-0.15, -0.1) is 0 Å². The number of hydrogen-bond donors (Lipinski definition) is 3. The standard InChI is InChI=1S/C23H33N3O3/c1-16(2)24-13-6-14-26-15-20(21(27)23(26)29)22(28)25-19-11-9-18(10-12-19)17-7-4-3-5-8-17/h3-5,7-8,16,18-19,24,27H,6,9-15H2,1-2H3,(H,25,28)/t18-,19+. The van der Waals surface area contributed by atoms with Crippen LogP contribution in [-0.4, -0.2) is 53.5 Å². The van der Waals surface area contributed by atoms with E-state index in [1.54, 1.807) is 4.90 Å². The monoisotopic (exact) mass is 399 g/mol. The highest BCUT2D eigenvalue weighted by atomic mass is 16.3. The fourth-order valence-electron chi connectivity index (χ4n) is 4.21. The first-order chi connectivity index (χ1) is 14.0. The Morgan fingerprint density at radius 3 is 2.52 bits per heavy atom. The summed E-state index contributed by atoms with van der Waals surface area (Å²) < 4.78 is 0. The van der Waals surface area contributed by atoms with Crippen molar-refractivity contribution in [3.8, 4) is 0 Å². The van der Waals surface area contributed by atoms with Crippen LogP contribution in [0.4, 0.5) is 0 Å². The lowest BCUT2D eigenvalue weighted by atomic mass is 9.82. The molecule has 0 unspecified atom stereocenters. The van der Waals surface area contributed by atoms with Crippen molar-refractivity contribution in [3.63, 3.8) is 0 Å². The van der Waals surface area contributed by atoms with Crippen molar-refractivity contribution in [3.05, 3.63) is 47.2 Å². The summed E-state index contributed by atoms with van der Waals surface area (Å²) >= 11 is 0. The topological polar surface area (TPSA) is 81.7 Å². The van der Waals surface area contributed by atoms with Crippen molar-refractivity contribution in [2.24, 2.45) is 0 Å². The van der Waals surface area contributed by atoms with Gasteiger partial charge in [-0.1, -0.05) is 44.2 Å². The van der Waals surface area contributed by atoms with E-state index in [1.165, 1.54) is 5.56 Å². The van der Waals surface area contributed by atoms with Gasteiger partial charge < -0.3 is 20.6 Å². The van der Waals surface area contributed by atoms with Crippen molar-refractivity contribution in [1.82, 2.24) is 15.5 Å². The molecule has 1 aliphatic heterocycles. The number of nitrogens with one attached hydrogen (secondary N) is 2. The first kappa shape index (κ1) is 21.4. The van der Waals surface area contributed by atoms with Gasteiger partial charge in [0.1, 0.15) is 0 Å². The average Bonchev–Trinajstić information content (AvgIpc) is 3.01. The maximum atomic E-state index is 12.7. The molecule has 0 radical (unpaired) electrons. The number of benzene rings is 1. The Hall–Kier alpha value is -2.34. The van der Waals surface area contributed by atoms with E-state index in [0.717, 1.165) is 38.6 Å². The second kappa shape index (κ2) is 9.92. The lowest BCUT2D eigenvalue weighted by Gasteiger charge is -2.29. The van der Waals surface area contributed by atoms with Crippen molar-refractivity contribution in [2.75, 3.05) is 19.6 Å². The smallest absolute Gasteiger partial charge is 0.289 e. The van der Waals surface area contributed by atoms with Gasteiger partial charge in [0.05, 0.1) is 12.1 Å². The van der Waals surface area contributed by atoms with Gasteiger partial charge in [-0.3, -0.25) is 9.59 Å². The van der Waals surface area contributed by atoms with Crippen LogP contribution in [0.5, 0.6) is 0 Å². The second-order valence-corrected chi connectivity index (χ2v) is 8.45. The van der Waals surface area contributed by atoms with Crippen LogP contribution in [0.15, 0.2) is 41.7 Å². The molecule has 29 heavy (non-hydrogen) atoms. The van der Waals surface area contributed by atoms with Crippen LogP contribution in [0.3, 0.4) is 0 Å². The van der Waals surface area contributed by atoms with Crippen LogP contribution >= 0.6 is 0 Å². The summed E-state index contributed by atoms with van der Waals surface area (Å²) in [6, 6.07) is 11.0. The van der Waals surface area contributed by atoms with Crippen molar-refractivity contribution < 1.29 is 14.7 Å². The molecule has 1 saturated carbocycles. The van der Waals surface area contributed by atoms with Crippen LogP contribution in [0.1, 0.15) is 57.4 Å². The van der Waals surface area contributed by atoms with E-state index < -0.39 is 11.7 Å². The summed E-state index contributed by atoms with van der Waals surface area (Å²) in [5.41, 5.74) is 1.57. The molecule has 0 aromatic heterocycles. The fraction of sp³-hybridized carbons (Fsp3) is 0.565. The Balaban J connectivity index is 1.46. The van der Waals surface area contributed by atoms with Crippen molar-refractivity contribution >= 4 is 11.8 Å². The highest BCUT2D eigenvalue weighted by Gasteiger charge is 2.34. The predicted molar refractivity (Wildman–Crippen MR) is 114 cm³/mol. The molecule has 1 aromatic carbocycles. The fourth-order valence-corrected chi connectivity index (χ4v) is 4.21. The van der Waals surface area contributed by atoms with Crippen LogP contribution in [0.2, 0.25) is 0 Å². The molecule has 2 amide bonds. The number of amides is 2. The molecule has 0 spiro atoms. The lowest BCUT2D eigenvalue weighted by Crippen LogP contribution is -2.39. The number of nitrogens with zero attached hydrogens (tertiary/aromatic N) is 1. The van der Waals surface area contributed by atoms with E-state index in [9.17, 15) is 14.7 Å². The predicted octanol–water partition coefficient (Wildman–Crippen LogP) is 2.87. The molecule has 0 atom stereocenters. The molecule has 0 saturated heterocycles. The molecule has 3 N–H and O–H groups in total. The summed E-state index contributed by atoms with van der Waals surface area (Å²) in [4.78, 5) is 26.5. The first-order valence-corrected chi connectivity index (χ1v) is 10.8. The van der Waals surface area contributed by atoms with Crippen LogP contribution in [0.25, 0.3) is 0 Å². The van der Waals surface area contributed by atoms with E-state index in [0.29, 0.717) is 18.5 Å². The summed E-state index contributed by atoms with van der Waals surface area (Å²) in [7, 11) is 0. The van der Waals surface area contributed by atoms with Crippen molar-refractivity contribution in [1.29, 1.82) is 0 Å². The van der Waals surface area contributed by atoms with Gasteiger partial charge in [-0.2, -0.15) is 0 Å². The highest BCUT2D eigenvalue weighted by molar-refractivity contribution is 6.07. The summed E-state index contributed by atoms with van der Waals surface area (Å²) in [5, 5.41) is 16.5. The SMILES string of the molecule is CC(C)NCCCN1CC(C(=O)N[C@H]2CC[C@@H](c3ccccc3)CC2)=C(O)C1=O. The van der Waals surface area contributed by atoms with Gasteiger partial charge in [-0.25, -0.2) is 0 Å². The third-order valence-corrected chi connectivity index (χ3v) is 5.89. The number of carbonyl (C=O) groups excluding carboxylic acids is 2. The maximum absolute atomic E-state index is 12.7. The molecule has 6 heteroatoms. The molecule has 158 valence electrons. The largest absolute Gasteiger partial charge is 0.503 e. The Bertz CT molecular complexity index is 737. The van der Waals surface area contributed by atoms with Gasteiger partial charge in [0.2, 0.25) is 0 Å². The van der Waals surface area contributed by atoms with E-state index in [2.05, 4.69) is 48.7 Å². The maximum Gasteiger partial charge on any atom is 0.289 e. The Kier molecular flexibility index (Phi) is 7.31. The second-order valence-electron chi connectivity index (χ2n) is 8.45. The van der Waals surface area contributed by atoms with E-state index in [-0.39, 0.29) is 24.1 Å². The van der Waals surface area contributed by atoms with E-state index in [4.69, 9.17) is 0 Å². The highest BCUT2D eigenvalue weighted by Crippen LogP contribution is 2.33. The van der Waals surface area contributed by atoms with E-state index >= 15 is 0 Å². The Labute approximate surface area is 173 Å². The molecule has 1 heterocycles. The van der Waals surface area contributed by atoms with Crippen molar-refractivity contribution in [2.45, 2.75) is 64.0 Å². The van der Waals surface area contributed by atoms with Crippen LogP contribution in [-0.2, 0) is 9.59 Å². The van der Waals surface area contributed by atoms with Crippen LogP contribution < -0.4 is 10.6 Å². The molecule has 0 bridgehead atoms. The molecular formula is C23H33N3O3. The number of carbonyl (C=O) groups is 2. The quantitative estimate of drug-likeness (QED) is 0.587. The van der Waals surface area contributed by atoms with Crippen LogP contribution in [0, 0.1) is 0 Å². The number of rotatable bonds is 8. The molecule has 1 aromatic rings. The zero-order valence-electron chi connectivity index (χ0n) is 17.5. The molecule has 1 fully saturated rings. The molecule has 2 aliphatic rings. The Morgan fingerprint density at radius 2 is 1.86 bits per heavy atom. The minimum Gasteiger partial charge on any atom is -0.503 e. The van der Waals surface area contributed by atoms with Gasteiger partial charge in [-0.05, 0) is 50.1 Å². The molecule has 1 aliphatic carbocycles. The third kappa shape index (κ3) is 5.60. The minimum atomic E-state index is -0.438. The third-order valence-electron chi connectivity index (χ3n) is 5.89. The summed E-state index contributed by atoms with van der Waals surface area (Å²) in [6.07, 6.45) is 4.69. The molecular weight excluding hydrogens is 366 g/mol. The van der Waals surface area contributed by atoms with Gasteiger partial charge in [0.15, 0.2) is 5.76 Å².